The molecule has 0 aromatic heterocycles. The number of para-hydroxylation sites is 1. The van der Waals surface area contributed by atoms with Crippen molar-refractivity contribution in [1.82, 2.24) is 9.37 Å². The first-order valence-electron chi connectivity index (χ1n) is 9.54. The Morgan fingerprint density at radius 1 is 0.963 bits per heavy atom. The van der Waals surface area contributed by atoms with Crippen molar-refractivity contribution < 1.29 is 13.3 Å². The third-order valence-electron chi connectivity index (χ3n) is 5.53. The maximum absolute atomic E-state index is 12.1. The molecule has 1 atom stereocenters. The Hall–Kier alpha value is -1.89. The minimum absolute atomic E-state index is 0.0491. The lowest BCUT2D eigenvalue weighted by atomic mass is 10.0. The fraction of sp³-hybridized carbons (Fsp3) is 0.429. The van der Waals surface area contributed by atoms with Gasteiger partial charge in [-0.25, -0.2) is 12.7 Å². The van der Waals surface area contributed by atoms with E-state index < -0.39 is 10.0 Å². The monoisotopic (exact) mass is 386 g/mol. The summed E-state index contributed by atoms with van der Waals surface area (Å²) in [4.78, 5) is 6.34. The van der Waals surface area contributed by atoms with Crippen LogP contribution in [0.2, 0.25) is 0 Å². The van der Waals surface area contributed by atoms with Gasteiger partial charge < -0.3 is 4.84 Å². The Labute approximate surface area is 161 Å². The summed E-state index contributed by atoms with van der Waals surface area (Å²) >= 11 is 0. The van der Waals surface area contributed by atoms with Gasteiger partial charge in [-0.1, -0.05) is 42.5 Å². The Balaban J connectivity index is 1.59. The first-order valence-corrected chi connectivity index (χ1v) is 11.4. The molecule has 0 saturated carbocycles. The number of fused-ring (bicyclic) bond motifs is 1. The standard InChI is InChI=1S/C21H26N2O3S/c1-27(24,25)22-13-7-10-19(16-22)23(26-21-11-3-2-4-12-21)20-14-17-8-5-6-9-18(17)15-20/h2-6,8-9,11-12,19-20H,7,10,13-16H2,1H3. The molecule has 0 N–H and O–H groups in total. The molecule has 1 fully saturated rings. The number of hydrogen-bond acceptors (Lipinski definition) is 4. The van der Waals surface area contributed by atoms with E-state index in [0.29, 0.717) is 13.1 Å². The average Bonchev–Trinajstić information content (AvgIpc) is 3.10. The summed E-state index contributed by atoms with van der Waals surface area (Å²) in [5.41, 5.74) is 2.72. The van der Waals surface area contributed by atoms with E-state index in [1.54, 1.807) is 4.31 Å². The van der Waals surface area contributed by atoms with Crippen LogP contribution < -0.4 is 4.84 Å². The van der Waals surface area contributed by atoms with E-state index in [9.17, 15) is 8.42 Å². The van der Waals surface area contributed by atoms with Gasteiger partial charge in [0.2, 0.25) is 10.0 Å². The Kier molecular flexibility index (Phi) is 5.21. The van der Waals surface area contributed by atoms with Crippen LogP contribution in [0.15, 0.2) is 54.6 Å². The molecule has 0 amide bonds. The number of sulfonamides is 1. The predicted molar refractivity (Wildman–Crippen MR) is 106 cm³/mol. The highest BCUT2D eigenvalue weighted by atomic mass is 32.2. The van der Waals surface area contributed by atoms with E-state index in [2.05, 4.69) is 29.3 Å². The molecule has 0 radical (unpaired) electrons. The highest BCUT2D eigenvalue weighted by Gasteiger charge is 2.37. The summed E-state index contributed by atoms with van der Waals surface area (Å²) in [6.45, 7) is 1.08. The fourth-order valence-electron chi connectivity index (χ4n) is 4.20. The normalized spacial score (nSPS) is 21.3. The van der Waals surface area contributed by atoms with Gasteiger partial charge in [-0.15, -0.1) is 5.06 Å². The second-order valence-electron chi connectivity index (χ2n) is 7.51. The van der Waals surface area contributed by atoms with Gasteiger partial charge in [-0.2, -0.15) is 0 Å². The quantitative estimate of drug-likeness (QED) is 0.742. The van der Waals surface area contributed by atoms with Crippen molar-refractivity contribution in [3.8, 4) is 5.75 Å². The van der Waals surface area contributed by atoms with Gasteiger partial charge in [0.05, 0.1) is 18.3 Å². The van der Waals surface area contributed by atoms with Crippen LogP contribution in [0.5, 0.6) is 5.75 Å². The molecule has 6 heteroatoms. The van der Waals surface area contributed by atoms with E-state index in [0.717, 1.165) is 31.4 Å². The first-order chi connectivity index (χ1) is 13.0. The molecule has 0 spiro atoms. The minimum atomic E-state index is -3.19. The molecule has 2 aromatic carbocycles. The second kappa shape index (κ2) is 7.62. The van der Waals surface area contributed by atoms with Crippen molar-refractivity contribution in [1.29, 1.82) is 0 Å². The van der Waals surface area contributed by atoms with Crippen molar-refractivity contribution in [2.45, 2.75) is 37.8 Å². The zero-order valence-corrected chi connectivity index (χ0v) is 16.4. The topological polar surface area (TPSA) is 49.9 Å². The van der Waals surface area contributed by atoms with E-state index in [4.69, 9.17) is 4.84 Å². The van der Waals surface area contributed by atoms with Crippen molar-refractivity contribution in [2.75, 3.05) is 19.3 Å². The van der Waals surface area contributed by atoms with Crippen LogP contribution >= 0.6 is 0 Å². The number of hydrogen-bond donors (Lipinski definition) is 0. The number of rotatable bonds is 5. The Bertz CT molecular complexity index is 860. The van der Waals surface area contributed by atoms with Crippen molar-refractivity contribution in [3.63, 3.8) is 0 Å². The first kappa shape index (κ1) is 18.5. The van der Waals surface area contributed by atoms with Crippen LogP contribution in [-0.2, 0) is 22.9 Å². The zero-order valence-electron chi connectivity index (χ0n) is 15.6. The molecule has 2 aliphatic rings. The Morgan fingerprint density at radius 3 is 2.22 bits per heavy atom. The summed E-state index contributed by atoms with van der Waals surface area (Å²) in [6.07, 6.45) is 4.94. The van der Waals surface area contributed by atoms with Gasteiger partial charge in [-0.05, 0) is 48.9 Å². The van der Waals surface area contributed by atoms with Gasteiger partial charge >= 0.3 is 0 Å². The van der Waals surface area contributed by atoms with Gasteiger partial charge in [0.25, 0.3) is 0 Å². The van der Waals surface area contributed by atoms with E-state index in [1.807, 2.05) is 30.3 Å². The second-order valence-corrected chi connectivity index (χ2v) is 9.49. The highest BCUT2D eigenvalue weighted by Crippen LogP contribution is 2.30. The summed E-state index contributed by atoms with van der Waals surface area (Å²) in [5, 5.41) is 2.08. The maximum atomic E-state index is 12.1. The van der Waals surface area contributed by atoms with E-state index in [1.165, 1.54) is 17.4 Å². The molecule has 1 heterocycles. The number of hydroxylamine groups is 2. The van der Waals surface area contributed by atoms with Crippen LogP contribution in [0.1, 0.15) is 24.0 Å². The molecule has 144 valence electrons. The highest BCUT2D eigenvalue weighted by molar-refractivity contribution is 7.88. The summed E-state index contributed by atoms with van der Waals surface area (Å²) in [6, 6.07) is 18.6. The van der Waals surface area contributed by atoms with Crippen molar-refractivity contribution in [2.24, 2.45) is 0 Å². The molecule has 0 bridgehead atoms. The molecule has 1 unspecified atom stereocenters. The summed E-state index contributed by atoms with van der Waals surface area (Å²) in [5.74, 6) is 0.796. The third-order valence-corrected chi connectivity index (χ3v) is 6.80. The molecule has 5 nitrogen and oxygen atoms in total. The number of nitrogens with zero attached hydrogens (tertiary/aromatic N) is 2. The van der Waals surface area contributed by atoms with E-state index in [-0.39, 0.29) is 12.1 Å². The Morgan fingerprint density at radius 2 is 1.59 bits per heavy atom. The maximum Gasteiger partial charge on any atom is 0.211 e. The summed E-state index contributed by atoms with van der Waals surface area (Å²) < 4.78 is 25.7. The average molecular weight is 387 g/mol. The van der Waals surface area contributed by atoms with Gasteiger partial charge in [0.15, 0.2) is 0 Å². The van der Waals surface area contributed by atoms with Crippen LogP contribution in [0.25, 0.3) is 0 Å². The molecule has 4 rings (SSSR count). The van der Waals surface area contributed by atoms with E-state index >= 15 is 0 Å². The molecule has 2 aromatic rings. The fourth-order valence-corrected chi connectivity index (χ4v) is 5.10. The molecular formula is C21H26N2O3S. The lowest BCUT2D eigenvalue weighted by molar-refractivity contribution is -0.137. The molecule has 1 aliphatic heterocycles. The molecule has 27 heavy (non-hydrogen) atoms. The van der Waals surface area contributed by atoms with Gasteiger partial charge in [0, 0.05) is 13.1 Å². The number of benzene rings is 2. The van der Waals surface area contributed by atoms with Crippen LogP contribution in [0.4, 0.5) is 0 Å². The lowest BCUT2D eigenvalue weighted by Crippen LogP contribution is -2.54. The smallest absolute Gasteiger partial charge is 0.211 e. The van der Waals surface area contributed by atoms with Crippen molar-refractivity contribution >= 4 is 10.0 Å². The molecular weight excluding hydrogens is 360 g/mol. The SMILES string of the molecule is CS(=O)(=O)N1CCCC(N(Oc2ccccc2)C2Cc3ccccc3C2)C1. The lowest BCUT2D eigenvalue weighted by Gasteiger charge is -2.40. The molecule has 1 aliphatic carbocycles. The largest absolute Gasteiger partial charge is 0.405 e. The minimum Gasteiger partial charge on any atom is -0.405 e. The zero-order chi connectivity index (χ0) is 18.9. The predicted octanol–water partition coefficient (Wildman–Crippen LogP) is 2.87. The van der Waals surface area contributed by atoms with Gasteiger partial charge in [-0.3, -0.25) is 0 Å². The van der Waals surface area contributed by atoms with Crippen LogP contribution in [-0.4, -0.2) is 49.2 Å². The third kappa shape index (κ3) is 4.18. The summed E-state index contributed by atoms with van der Waals surface area (Å²) in [7, 11) is -3.19. The van der Waals surface area contributed by atoms with Crippen LogP contribution in [0, 0.1) is 0 Å². The van der Waals surface area contributed by atoms with Crippen LogP contribution in [0.3, 0.4) is 0 Å². The van der Waals surface area contributed by atoms with Crippen molar-refractivity contribution in [3.05, 3.63) is 65.7 Å². The van der Waals surface area contributed by atoms with Gasteiger partial charge in [0.1, 0.15) is 5.75 Å². The molecule has 1 saturated heterocycles. The number of piperidine rings is 1.